The molecule has 1 aliphatic heterocycles. The van der Waals surface area contributed by atoms with E-state index in [0.717, 1.165) is 36.4 Å². The third-order valence-electron chi connectivity index (χ3n) is 4.80. The van der Waals surface area contributed by atoms with E-state index in [2.05, 4.69) is 11.0 Å². The first-order chi connectivity index (χ1) is 11.6. The zero-order chi connectivity index (χ0) is 17.1. The number of amides is 1. The van der Waals surface area contributed by atoms with Gasteiger partial charge in [-0.25, -0.2) is 0 Å². The average Bonchev–Trinajstić information content (AvgIpc) is 2.62. The van der Waals surface area contributed by atoms with Crippen molar-refractivity contribution >= 4 is 35.4 Å². The molecule has 1 heterocycles. The Morgan fingerprint density at radius 1 is 1.20 bits per heavy atom. The van der Waals surface area contributed by atoms with E-state index in [-0.39, 0.29) is 24.4 Å². The molecule has 4 nitrogen and oxygen atoms in total. The van der Waals surface area contributed by atoms with Crippen LogP contribution < -0.4 is 15.5 Å². The molecule has 5 heteroatoms. The number of nitrogens with two attached hydrogens (primary N) is 1. The quantitative estimate of drug-likeness (QED) is 0.842. The first kappa shape index (κ1) is 19.1. The molecule has 1 aliphatic rings. The molecule has 3 rings (SSSR count). The second-order valence-corrected chi connectivity index (χ2v) is 6.24. The molecular weight excluding hydrogens is 334 g/mol. The van der Waals surface area contributed by atoms with Crippen LogP contribution in [-0.4, -0.2) is 25.0 Å². The van der Waals surface area contributed by atoms with Gasteiger partial charge in [-0.1, -0.05) is 24.3 Å². The van der Waals surface area contributed by atoms with Crippen LogP contribution in [0, 0.1) is 0 Å². The highest BCUT2D eigenvalue weighted by molar-refractivity contribution is 5.99. The highest BCUT2D eigenvalue weighted by Crippen LogP contribution is 2.33. The van der Waals surface area contributed by atoms with Gasteiger partial charge in [-0.2, -0.15) is 0 Å². The average molecular weight is 360 g/mol. The Kier molecular flexibility index (Phi) is 6.32. The van der Waals surface area contributed by atoms with Crippen LogP contribution in [-0.2, 0) is 11.2 Å². The summed E-state index contributed by atoms with van der Waals surface area (Å²) in [6.45, 7) is 5.55. The largest absolute Gasteiger partial charge is 0.398 e. The molecule has 25 heavy (non-hydrogen) atoms. The Morgan fingerprint density at radius 2 is 1.92 bits per heavy atom. The van der Waals surface area contributed by atoms with Crippen LogP contribution in [0.25, 0.3) is 0 Å². The monoisotopic (exact) mass is 359 g/mol. The molecule has 1 unspecified atom stereocenters. The van der Waals surface area contributed by atoms with Crippen molar-refractivity contribution in [2.45, 2.75) is 32.7 Å². The Morgan fingerprint density at radius 3 is 2.60 bits per heavy atom. The lowest BCUT2D eigenvalue weighted by atomic mass is 9.98. The number of halogens is 1. The van der Waals surface area contributed by atoms with Gasteiger partial charge in [0.15, 0.2) is 0 Å². The molecule has 0 radical (unpaired) electrons. The Labute approximate surface area is 156 Å². The molecule has 134 valence electrons. The molecule has 0 saturated heterocycles. The van der Waals surface area contributed by atoms with E-state index in [0.29, 0.717) is 6.54 Å². The van der Waals surface area contributed by atoms with E-state index >= 15 is 0 Å². The van der Waals surface area contributed by atoms with Gasteiger partial charge in [0.1, 0.15) is 6.04 Å². The molecule has 1 amide bonds. The standard InChI is InChI=1S/C20H25N3O.ClH/c1-3-22(16-9-5-4-6-10-16)20(24)15(2)23-14-8-11-17-18(21)12-7-13-19(17)23;/h4-7,9-10,12-13,15H,3,8,11,14,21H2,1-2H3;1H. The predicted molar refractivity (Wildman–Crippen MR) is 108 cm³/mol. The minimum absolute atomic E-state index is 0. The highest BCUT2D eigenvalue weighted by atomic mass is 35.5. The van der Waals surface area contributed by atoms with Crippen molar-refractivity contribution in [3.63, 3.8) is 0 Å². The summed E-state index contributed by atoms with van der Waals surface area (Å²) in [6, 6.07) is 15.6. The summed E-state index contributed by atoms with van der Waals surface area (Å²) >= 11 is 0. The minimum atomic E-state index is -0.217. The van der Waals surface area contributed by atoms with Gasteiger partial charge in [0, 0.05) is 30.2 Å². The molecule has 0 fully saturated rings. The van der Waals surface area contributed by atoms with Crippen molar-refractivity contribution in [1.29, 1.82) is 0 Å². The van der Waals surface area contributed by atoms with Crippen molar-refractivity contribution in [2.24, 2.45) is 0 Å². The number of rotatable bonds is 4. The number of carbonyl (C=O) groups is 1. The number of nitrogen functional groups attached to an aromatic ring is 1. The Hall–Kier alpha value is -2.20. The predicted octanol–water partition coefficient (Wildman–Crippen LogP) is 3.88. The van der Waals surface area contributed by atoms with Crippen LogP contribution in [0.4, 0.5) is 17.1 Å². The fourth-order valence-electron chi connectivity index (χ4n) is 3.51. The molecule has 2 N–H and O–H groups in total. The van der Waals surface area contributed by atoms with Crippen LogP contribution in [0.3, 0.4) is 0 Å². The summed E-state index contributed by atoms with van der Waals surface area (Å²) in [5.74, 6) is 0.124. The molecule has 0 aliphatic carbocycles. The second-order valence-electron chi connectivity index (χ2n) is 6.24. The van der Waals surface area contributed by atoms with Gasteiger partial charge >= 0.3 is 0 Å². The normalized spacial score (nSPS) is 14.2. The molecular formula is C20H26ClN3O. The number of para-hydroxylation sites is 1. The summed E-state index contributed by atoms with van der Waals surface area (Å²) < 4.78 is 0. The summed E-state index contributed by atoms with van der Waals surface area (Å²) in [7, 11) is 0. The maximum Gasteiger partial charge on any atom is 0.249 e. The molecule has 2 aromatic rings. The zero-order valence-electron chi connectivity index (χ0n) is 14.8. The summed E-state index contributed by atoms with van der Waals surface area (Å²) in [6.07, 6.45) is 2.01. The smallest absolute Gasteiger partial charge is 0.249 e. The lowest BCUT2D eigenvalue weighted by Crippen LogP contribution is -2.49. The van der Waals surface area contributed by atoms with Crippen molar-refractivity contribution in [3.05, 3.63) is 54.1 Å². The van der Waals surface area contributed by atoms with Gasteiger partial charge in [-0.3, -0.25) is 4.79 Å². The van der Waals surface area contributed by atoms with Gasteiger partial charge in [0.05, 0.1) is 0 Å². The van der Waals surface area contributed by atoms with E-state index < -0.39 is 0 Å². The van der Waals surface area contributed by atoms with E-state index in [1.165, 1.54) is 5.56 Å². The number of fused-ring (bicyclic) bond motifs is 1. The molecule has 0 aromatic heterocycles. The number of benzene rings is 2. The van der Waals surface area contributed by atoms with Crippen molar-refractivity contribution in [1.82, 2.24) is 0 Å². The second kappa shape index (κ2) is 8.26. The molecule has 0 spiro atoms. The lowest BCUT2D eigenvalue weighted by Gasteiger charge is -2.38. The molecule has 1 atom stereocenters. The summed E-state index contributed by atoms with van der Waals surface area (Å²) in [5.41, 5.74) is 10.2. The zero-order valence-corrected chi connectivity index (χ0v) is 15.6. The number of anilines is 3. The summed E-state index contributed by atoms with van der Waals surface area (Å²) in [5, 5.41) is 0. The number of hydrogen-bond acceptors (Lipinski definition) is 3. The number of likely N-dealkylation sites (N-methyl/N-ethyl adjacent to an activating group) is 1. The Bertz CT molecular complexity index is 720. The molecule has 2 aromatic carbocycles. The number of hydrogen-bond donors (Lipinski definition) is 1. The SMILES string of the molecule is CCN(C(=O)C(C)N1CCCc2c(N)cccc21)c1ccccc1.Cl. The van der Waals surface area contributed by atoms with Crippen molar-refractivity contribution < 1.29 is 4.79 Å². The van der Waals surface area contributed by atoms with Gasteiger partial charge in [-0.15, -0.1) is 12.4 Å². The summed E-state index contributed by atoms with van der Waals surface area (Å²) in [4.78, 5) is 17.2. The van der Waals surface area contributed by atoms with Crippen LogP contribution in [0.15, 0.2) is 48.5 Å². The fraction of sp³-hybridized carbons (Fsp3) is 0.350. The van der Waals surface area contributed by atoms with E-state index in [4.69, 9.17) is 5.73 Å². The van der Waals surface area contributed by atoms with Crippen LogP contribution in [0.2, 0.25) is 0 Å². The van der Waals surface area contributed by atoms with E-state index in [9.17, 15) is 4.79 Å². The highest BCUT2D eigenvalue weighted by Gasteiger charge is 2.29. The van der Waals surface area contributed by atoms with Crippen molar-refractivity contribution in [3.8, 4) is 0 Å². The number of nitrogens with zero attached hydrogens (tertiary/aromatic N) is 2. The topological polar surface area (TPSA) is 49.6 Å². The first-order valence-electron chi connectivity index (χ1n) is 8.64. The maximum atomic E-state index is 13.1. The maximum absolute atomic E-state index is 13.1. The van der Waals surface area contributed by atoms with E-state index in [1.54, 1.807) is 0 Å². The van der Waals surface area contributed by atoms with E-state index in [1.807, 2.05) is 61.2 Å². The Balaban J connectivity index is 0.00000225. The van der Waals surface area contributed by atoms with Gasteiger partial charge in [-0.05, 0) is 56.5 Å². The van der Waals surface area contributed by atoms with Crippen LogP contribution in [0.5, 0.6) is 0 Å². The third kappa shape index (κ3) is 3.74. The fourth-order valence-corrected chi connectivity index (χ4v) is 3.51. The molecule has 0 saturated carbocycles. The lowest BCUT2D eigenvalue weighted by molar-refractivity contribution is -0.119. The van der Waals surface area contributed by atoms with Gasteiger partial charge in [0.25, 0.3) is 0 Å². The van der Waals surface area contributed by atoms with Gasteiger partial charge in [0.2, 0.25) is 5.91 Å². The minimum Gasteiger partial charge on any atom is -0.398 e. The van der Waals surface area contributed by atoms with Gasteiger partial charge < -0.3 is 15.5 Å². The molecule has 0 bridgehead atoms. The van der Waals surface area contributed by atoms with Crippen LogP contribution >= 0.6 is 12.4 Å². The van der Waals surface area contributed by atoms with Crippen molar-refractivity contribution in [2.75, 3.05) is 28.6 Å². The number of carbonyl (C=O) groups excluding carboxylic acids is 1. The van der Waals surface area contributed by atoms with Crippen LogP contribution in [0.1, 0.15) is 25.8 Å². The first-order valence-corrected chi connectivity index (χ1v) is 8.64. The third-order valence-corrected chi connectivity index (χ3v) is 4.80.